The van der Waals surface area contributed by atoms with E-state index >= 15 is 0 Å². The average Bonchev–Trinajstić information content (AvgIpc) is 2.79. The predicted octanol–water partition coefficient (Wildman–Crippen LogP) is 0.833. The molecule has 0 aliphatic heterocycles. The lowest BCUT2D eigenvalue weighted by Crippen LogP contribution is -2.22. The molecule has 0 aliphatic rings. The number of thioether (sulfide) groups is 1. The molecule has 5 nitrogen and oxygen atoms in total. The molecule has 0 spiro atoms. The molecule has 17 heavy (non-hydrogen) atoms. The molecule has 0 bridgehead atoms. The summed E-state index contributed by atoms with van der Waals surface area (Å²) in [6.45, 7) is 0. The first-order valence-electron chi connectivity index (χ1n) is 4.91. The third kappa shape index (κ3) is 2.34. The highest BCUT2D eigenvalue weighted by Gasteiger charge is 2.10. The van der Waals surface area contributed by atoms with E-state index in [1.807, 2.05) is 5.38 Å². The number of thiophene rings is 1. The van der Waals surface area contributed by atoms with Gasteiger partial charge < -0.3 is 5.32 Å². The summed E-state index contributed by atoms with van der Waals surface area (Å²) < 4.78 is 1.47. The van der Waals surface area contributed by atoms with Crippen molar-refractivity contribution in [3.63, 3.8) is 0 Å². The van der Waals surface area contributed by atoms with Crippen molar-refractivity contribution in [2.75, 3.05) is 12.8 Å². The summed E-state index contributed by atoms with van der Waals surface area (Å²) in [4.78, 5) is 28.2. The number of aromatic nitrogens is 2. The summed E-state index contributed by atoms with van der Waals surface area (Å²) in [6.07, 6.45) is 0. The van der Waals surface area contributed by atoms with E-state index in [4.69, 9.17) is 0 Å². The van der Waals surface area contributed by atoms with Crippen molar-refractivity contribution in [2.24, 2.45) is 7.05 Å². The Bertz CT molecular complexity index is 618. The van der Waals surface area contributed by atoms with Gasteiger partial charge in [-0.3, -0.25) is 14.2 Å². The largest absolute Gasteiger partial charge is 0.358 e. The van der Waals surface area contributed by atoms with Gasteiger partial charge in [0.1, 0.15) is 4.83 Å². The normalized spacial score (nSPS) is 10.7. The Balaban J connectivity index is 2.37. The number of hydrogen-bond donors (Lipinski definition) is 1. The van der Waals surface area contributed by atoms with Crippen LogP contribution in [-0.2, 0) is 11.8 Å². The van der Waals surface area contributed by atoms with Crippen LogP contribution < -0.4 is 10.9 Å². The fraction of sp³-hybridized carbons (Fsp3) is 0.300. The minimum Gasteiger partial charge on any atom is -0.358 e. The lowest BCUT2D eigenvalue weighted by molar-refractivity contribution is -0.118. The summed E-state index contributed by atoms with van der Waals surface area (Å²) in [5.74, 6) is 0.170. The van der Waals surface area contributed by atoms with Crippen LogP contribution in [-0.4, -0.2) is 28.3 Å². The van der Waals surface area contributed by atoms with Crippen LogP contribution in [0.15, 0.2) is 21.4 Å². The van der Waals surface area contributed by atoms with Gasteiger partial charge in [0.2, 0.25) is 5.91 Å². The fourth-order valence-corrected chi connectivity index (χ4v) is 2.96. The number of hydrogen-bond acceptors (Lipinski definition) is 5. The Morgan fingerprint density at radius 3 is 3.12 bits per heavy atom. The van der Waals surface area contributed by atoms with Gasteiger partial charge in [0.05, 0.1) is 11.1 Å². The van der Waals surface area contributed by atoms with E-state index in [-0.39, 0.29) is 17.2 Å². The van der Waals surface area contributed by atoms with Gasteiger partial charge in [0.15, 0.2) is 5.16 Å². The highest BCUT2D eigenvalue weighted by molar-refractivity contribution is 7.99. The van der Waals surface area contributed by atoms with Gasteiger partial charge in [-0.25, -0.2) is 4.98 Å². The number of nitrogens with zero attached hydrogens (tertiary/aromatic N) is 2. The zero-order valence-electron chi connectivity index (χ0n) is 9.39. The number of fused-ring (bicyclic) bond motifs is 1. The van der Waals surface area contributed by atoms with Crippen molar-refractivity contribution < 1.29 is 4.79 Å². The molecule has 2 aromatic rings. The number of amides is 1. The Kier molecular flexibility index (Phi) is 3.49. The average molecular weight is 269 g/mol. The Hall–Kier alpha value is -1.34. The van der Waals surface area contributed by atoms with Crippen molar-refractivity contribution in [1.29, 1.82) is 0 Å². The molecule has 0 radical (unpaired) electrons. The molecule has 90 valence electrons. The van der Waals surface area contributed by atoms with Crippen LogP contribution in [0.4, 0.5) is 0 Å². The predicted molar refractivity (Wildman–Crippen MR) is 69.7 cm³/mol. The van der Waals surface area contributed by atoms with E-state index in [1.54, 1.807) is 20.2 Å². The monoisotopic (exact) mass is 269 g/mol. The van der Waals surface area contributed by atoms with Gasteiger partial charge in [-0.2, -0.15) is 0 Å². The van der Waals surface area contributed by atoms with Gasteiger partial charge in [0, 0.05) is 14.1 Å². The van der Waals surface area contributed by atoms with Crippen molar-refractivity contribution in [3.05, 3.63) is 21.8 Å². The van der Waals surface area contributed by atoms with Crippen LogP contribution in [0.5, 0.6) is 0 Å². The maximum atomic E-state index is 11.9. The summed E-state index contributed by atoms with van der Waals surface area (Å²) in [7, 11) is 3.25. The van der Waals surface area contributed by atoms with Gasteiger partial charge in [-0.05, 0) is 11.4 Å². The molecular formula is C10H11N3O2S2. The highest BCUT2D eigenvalue weighted by Crippen LogP contribution is 2.20. The summed E-state index contributed by atoms with van der Waals surface area (Å²) in [6, 6.07) is 1.77. The molecule has 1 amide bonds. The van der Waals surface area contributed by atoms with Gasteiger partial charge >= 0.3 is 0 Å². The van der Waals surface area contributed by atoms with E-state index in [2.05, 4.69) is 10.3 Å². The molecular weight excluding hydrogens is 258 g/mol. The van der Waals surface area contributed by atoms with Crippen molar-refractivity contribution in [1.82, 2.24) is 14.9 Å². The number of nitrogens with one attached hydrogen (secondary N) is 1. The minimum atomic E-state index is -0.0875. The zero-order valence-corrected chi connectivity index (χ0v) is 11.0. The topological polar surface area (TPSA) is 64.0 Å². The Morgan fingerprint density at radius 2 is 2.41 bits per heavy atom. The first kappa shape index (κ1) is 12.1. The second-order valence-corrected chi connectivity index (χ2v) is 5.20. The molecule has 0 aromatic carbocycles. The van der Waals surface area contributed by atoms with Crippen LogP contribution in [0.1, 0.15) is 0 Å². The molecule has 0 unspecified atom stereocenters. The Labute approximate surface area is 106 Å². The minimum absolute atomic E-state index is 0.0735. The van der Waals surface area contributed by atoms with E-state index in [0.29, 0.717) is 15.4 Å². The van der Waals surface area contributed by atoms with Gasteiger partial charge in [-0.15, -0.1) is 11.3 Å². The first-order valence-corrected chi connectivity index (χ1v) is 6.77. The quantitative estimate of drug-likeness (QED) is 0.662. The van der Waals surface area contributed by atoms with E-state index < -0.39 is 0 Å². The number of carbonyl (C=O) groups excluding carboxylic acids is 1. The highest BCUT2D eigenvalue weighted by atomic mass is 32.2. The number of rotatable bonds is 3. The Morgan fingerprint density at radius 1 is 1.65 bits per heavy atom. The summed E-state index contributed by atoms with van der Waals surface area (Å²) in [5.41, 5.74) is -0.0735. The second-order valence-electron chi connectivity index (χ2n) is 3.36. The molecule has 2 aromatic heterocycles. The maximum absolute atomic E-state index is 11.9. The van der Waals surface area contributed by atoms with Crippen molar-refractivity contribution in [2.45, 2.75) is 5.16 Å². The van der Waals surface area contributed by atoms with Crippen LogP contribution in [0, 0.1) is 0 Å². The standard InChI is InChI=1S/C10H11N3O2S2/c1-11-7(14)5-17-10-12-8-6(3-4-16-8)9(15)13(10)2/h3-4H,5H2,1-2H3,(H,11,14). The molecule has 0 aliphatic carbocycles. The zero-order chi connectivity index (χ0) is 12.4. The lowest BCUT2D eigenvalue weighted by Gasteiger charge is -2.06. The molecule has 7 heteroatoms. The van der Waals surface area contributed by atoms with Gasteiger partial charge in [-0.1, -0.05) is 11.8 Å². The second kappa shape index (κ2) is 4.89. The van der Waals surface area contributed by atoms with E-state index in [1.165, 1.54) is 27.7 Å². The molecule has 2 heterocycles. The molecule has 0 saturated carbocycles. The molecule has 2 rings (SSSR count). The third-order valence-corrected chi connectivity index (χ3v) is 4.11. The molecule has 0 atom stereocenters. The fourth-order valence-electron chi connectivity index (χ4n) is 1.31. The molecule has 0 fully saturated rings. The SMILES string of the molecule is CNC(=O)CSc1nc2sccc2c(=O)n1C. The third-order valence-electron chi connectivity index (χ3n) is 2.28. The molecule has 1 N–H and O–H groups in total. The van der Waals surface area contributed by atoms with Crippen LogP contribution in [0.2, 0.25) is 0 Å². The van der Waals surface area contributed by atoms with Crippen molar-refractivity contribution in [3.8, 4) is 0 Å². The van der Waals surface area contributed by atoms with Gasteiger partial charge in [0.25, 0.3) is 5.56 Å². The maximum Gasteiger partial charge on any atom is 0.262 e. The summed E-state index contributed by atoms with van der Waals surface area (Å²) >= 11 is 2.68. The van der Waals surface area contributed by atoms with Crippen LogP contribution in [0.3, 0.4) is 0 Å². The smallest absolute Gasteiger partial charge is 0.262 e. The van der Waals surface area contributed by atoms with Crippen molar-refractivity contribution >= 4 is 39.2 Å². The first-order chi connectivity index (χ1) is 8.13. The molecule has 0 saturated heterocycles. The van der Waals surface area contributed by atoms with Crippen LogP contribution >= 0.6 is 23.1 Å². The summed E-state index contributed by atoms with van der Waals surface area (Å²) in [5, 5.41) is 5.56. The van der Waals surface area contributed by atoms with Crippen LogP contribution in [0.25, 0.3) is 10.2 Å². The number of carbonyl (C=O) groups is 1. The lowest BCUT2D eigenvalue weighted by atomic mass is 10.4. The van der Waals surface area contributed by atoms with E-state index in [9.17, 15) is 9.59 Å². The van der Waals surface area contributed by atoms with E-state index in [0.717, 1.165) is 0 Å².